The molecule has 0 radical (unpaired) electrons. The Kier molecular flexibility index (Phi) is 33.4. The third-order valence-electron chi connectivity index (χ3n) is 27.9. The summed E-state index contributed by atoms with van der Waals surface area (Å²) in [6.07, 6.45) is -1.86. The fourth-order valence-corrected chi connectivity index (χ4v) is 21.7. The Hall–Kier alpha value is -11.1. The van der Waals surface area contributed by atoms with Gasteiger partial charge in [-0.1, -0.05) is 0 Å². The normalized spacial score (nSPS) is 29.7. The molecule has 134 heavy (non-hydrogen) atoms. The SMILES string of the molecule is CSCC[C@H](NC(=O)[C@@H]1CCCN1C(=O)CNC(=O)[C@@H]1C[C@@H](O)CN1C(=O)[C@@H]1CCCN1C(=O)CNC(=O)[C@@H]1C[C@@H](O)CN1C(=O)[C@@H]1CCCN1C(=O)CNC(=O)[C@@H]1C[C@@H](O)CN1C(=O)[C@@H]1CCCN1C(=O)CNC(=O)[C@@H]1C[C@@H](O)CN1C(=O)[C@@H]1CCCN1C(=O)CNC(=O)[C@@H]1C[C@@H](O)CN1C(=O)[C@@H]1CCCN1C(=O)CNC(=O)[C@@H]1C[C@@H](O)CN1C(=O)[C@@H]1CCCN1)C(=O)NCC(=O)O. The smallest absolute Gasteiger partial charge is 0.322 e. The number of aliphatic hydroxyl groups excluding tert-OH is 6. The molecule has 0 bridgehead atoms. The minimum atomic E-state index is -1.35. The van der Waals surface area contributed by atoms with Crippen molar-refractivity contribution in [2.75, 3.05) is 143 Å². The predicted octanol–water partition coefficient (Wildman–Crippen LogP) is -12.4. The van der Waals surface area contributed by atoms with Gasteiger partial charge in [0.25, 0.3) is 0 Å². The van der Waals surface area contributed by atoms with Crippen LogP contribution in [0.5, 0.6) is 0 Å². The number of aliphatic carboxylic acids is 1. The summed E-state index contributed by atoms with van der Waals surface area (Å²) in [7, 11) is 0. The van der Waals surface area contributed by atoms with Gasteiger partial charge in [0, 0.05) is 117 Å². The molecular formula is C84H123N21O28S. The maximum atomic E-state index is 14.5. The Morgan fingerprint density at radius 3 is 0.761 bits per heavy atom. The molecule has 13 saturated heterocycles. The highest BCUT2D eigenvalue weighted by Crippen LogP contribution is 2.34. The maximum Gasteiger partial charge on any atom is 0.322 e. The lowest BCUT2D eigenvalue weighted by molar-refractivity contribution is -0.148. The molecular weight excluding hydrogens is 1780 g/mol. The van der Waals surface area contributed by atoms with Crippen molar-refractivity contribution >= 4 is 136 Å². The number of rotatable bonds is 32. The second-order valence-corrected chi connectivity index (χ2v) is 37.7. The van der Waals surface area contributed by atoms with Gasteiger partial charge < -0.3 is 142 Å². The largest absolute Gasteiger partial charge is 0.480 e. The van der Waals surface area contributed by atoms with Crippen LogP contribution in [0.25, 0.3) is 0 Å². The van der Waals surface area contributed by atoms with Crippen molar-refractivity contribution in [3.05, 3.63) is 0 Å². The van der Waals surface area contributed by atoms with Gasteiger partial charge in [0.15, 0.2) is 0 Å². The van der Waals surface area contributed by atoms with Gasteiger partial charge in [-0.15, -0.1) is 0 Å². The van der Waals surface area contributed by atoms with Crippen molar-refractivity contribution < 1.29 is 136 Å². The van der Waals surface area contributed by atoms with Crippen LogP contribution in [0.4, 0.5) is 0 Å². The molecule has 0 aliphatic carbocycles. The quantitative estimate of drug-likeness (QED) is 0.0297. The molecule has 0 spiro atoms. The third kappa shape index (κ3) is 23.0. The number of carboxylic acids is 1. The summed E-state index contributed by atoms with van der Waals surface area (Å²) in [5, 5.41) is 96.9. The zero-order valence-corrected chi connectivity index (χ0v) is 75.5. The molecule has 13 rings (SSSR count). The van der Waals surface area contributed by atoms with E-state index in [1.54, 1.807) is 6.26 Å². The molecule has 0 unspecified atom stereocenters. The van der Waals surface area contributed by atoms with Crippen molar-refractivity contribution in [1.29, 1.82) is 0 Å². The summed E-state index contributed by atoms with van der Waals surface area (Å²) >= 11 is 1.40. The Labute approximate surface area is 774 Å². The van der Waals surface area contributed by atoms with E-state index < -0.39 is 285 Å². The average molecular weight is 1910 g/mol. The summed E-state index contributed by atoms with van der Waals surface area (Å²) in [5.41, 5.74) is 0. The molecule has 13 aliphatic heterocycles. The topological polar surface area (TPSA) is 647 Å². The number of hydrogen-bond acceptors (Lipinski definition) is 29. The summed E-state index contributed by atoms with van der Waals surface area (Å²) < 4.78 is 0. The third-order valence-corrected chi connectivity index (χ3v) is 28.5. The van der Waals surface area contributed by atoms with E-state index in [-0.39, 0.29) is 168 Å². The number of carbonyl (C=O) groups excluding carboxylic acids is 20. The fraction of sp³-hybridized carbons (Fsp3) is 0.750. The molecule has 0 saturated carbocycles. The number of nitrogens with zero attached hydrogens (tertiary/aromatic N) is 12. The molecule has 0 aromatic rings. The van der Waals surface area contributed by atoms with Crippen LogP contribution in [0.3, 0.4) is 0 Å². The first kappa shape index (κ1) is 100. The van der Waals surface area contributed by atoms with Crippen LogP contribution in [0.15, 0.2) is 0 Å². The van der Waals surface area contributed by atoms with Gasteiger partial charge >= 0.3 is 5.97 Å². The second-order valence-electron chi connectivity index (χ2n) is 36.8. The van der Waals surface area contributed by atoms with Crippen LogP contribution < -0.4 is 47.9 Å². The molecule has 13 fully saturated rings. The number of aliphatic hydroxyl groups is 6. The standard InChI is InChI=1S/C84H123N21O28S/c1-134-24-16-50(71(120)92-37-70(118)119)93-78(127)52-10-3-18-94(52)64(112)31-86-73(122)59-26-45(107)39-101(59)80(129)54-12-5-20-96(54)66(114)33-88-75(124)61-28-47(109)41-103(61)82(131)56-14-7-22-98(56)68(116)35-90-77(126)63-30-49(111)43-105(63)84(133)57-15-8-23-99(57)69(117)36-91-76(125)62-29-48(110)42-104(62)83(132)55-13-6-21-97(55)67(115)34-89-74(123)60-27-46(108)40-102(60)81(130)53-11-4-19-95(53)65(113)32-87-72(121)58-25-44(106)38-100(58)79(128)51-9-2-17-85-51/h44-63,85,106-111H,2-43H2,1H3,(H,86,122)(H,87,121)(H,88,124)(H,89,123)(H,90,126)(H,91,125)(H,92,120)(H,93,127)(H,118,119)/t44-,45-,46-,47-,48-,49-,50+,51+,52+,53+,54+,55+,56+,57+,58+,59+,60+,61+,62+,63+/m1/s1. The summed E-state index contributed by atoms with van der Waals surface area (Å²) in [4.78, 5) is 304. The molecule has 0 aromatic carbocycles. The highest BCUT2D eigenvalue weighted by molar-refractivity contribution is 7.98. The number of nitrogens with one attached hydrogen (secondary N) is 9. The number of β-amino-alcohol motifs (C(OH)–C–C–N with tert-alkyl or cyclic N) is 6. The van der Waals surface area contributed by atoms with E-state index in [4.69, 9.17) is 5.11 Å². The molecule has 16 N–H and O–H groups in total. The van der Waals surface area contributed by atoms with Gasteiger partial charge in [0.2, 0.25) is 118 Å². The van der Waals surface area contributed by atoms with Crippen molar-refractivity contribution in [3.8, 4) is 0 Å². The number of amides is 20. The van der Waals surface area contributed by atoms with Gasteiger partial charge in [0.1, 0.15) is 85.1 Å². The highest BCUT2D eigenvalue weighted by atomic mass is 32.2. The summed E-state index contributed by atoms with van der Waals surface area (Å²) in [5.74, 6) is -15.0. The molecule has 13 aliphatic rings. The van der Waals surface area contributed by atoms with E-state index in [9.17, 15) is 131 Å². The molecule has 20 amide bonds. The lowest BCUT2D eigenvalue weighted by Gasteiger charge is -2.32. The Morgan fingerprint density at radius 2 is 0.530 bits per heavy atom. The first-order chi connectivity index (χ1) is 64.0. The minimum Gasteiger partial charge on any atom is -0.480 e. The van der Waals surface area contributed by atoms with Crippen LogP contribution in [0.2, 0.25) is 0 Å². The van der Waals surface area contributed by atoms with Crippen LogP contribution >= 0.6 is 11.8 Å². The first-order valence-corrected chi connectivity index (χ1v) is 47.8. The Morgan fingerprint density at radius 1 is 0.291 bits per heavy atom. The van der Waals surface area contributed by atoms with Gasteiger partial charge in [0.05, 0.1) is 81.9 Å². The van der Waals surface area contributed by atoms with E-state index in [1.807, 2.05) is 0 Å². The second kappa shape index (κ2) is 44.6. The van der Waals surface area contributed by atoms with E-state index in [2.05, 4.69) is 47.9 Å². The average Bonchev–Trinajstić information content (AvgIpc) is 1.66. The van der Waals surface area contributed by atoms with Crippen LogP contribution in [-0.2, 0) is 101 Å². The lowest BCUT2D eigenvalue weighted by Crippen LogP contribution is -2.57. The Balaban J connectivity index is 0.536. The van der Waals surface area contributed by atoms with Crippen molar-refractivity contribution in [2.45, 2.75) is 256 Å². The first-order valence-electron chi connectivity index (χ1n) is 46.4. The number of carbonyl (C=O) groups is 21. The lowest BCUT2D eigenvalue weighted by atomic mass is 10.1. The van der Waals surface area contributed by atoms with Gasteiger partial charge in [-0.25, -0.2) is 0 Å². The van der Waals surface area contributed by atoms with Gasteiger partial charge in [-0.2, -0.15) is 11.8 Å². The minimum absolute atomic E-state index is 0.0271. The molecule has 13 heterocycles. The molecule has 20 atom stereocenters. The fourth-order valence-electron chi connectivity index (χ4n) is 21.2. The van der Waals surface area contributed by atoms with Crippen molar-refractivity contribution in [2.24, 2.45) is 0 Å². The molecule has 49 nitrogen and oxygen atoms in total. The van der Waals surface area contributed by atoms with E-state index in [0.29, 0.717) is 57.2 Å². The number of thioether (sulfide) groups is 1. The van der Waals surface area contributed by atoms with E-state index >= 15 is 0 Å². The number of likely N-dealkylation sites (tertiary alicyclic amines) is 12. The van der Waals surface area contributed by atoms with Crippen LogP contribution in [-0.4, -0.2) is 483 Å². The number of hydrogen-bond donors (Lipinski definition) is 16. The highest BCUT2D eigenvalue weighted by Gasteiger charge is 2.53. The van der Waals surface area contributed by atoms with Gasteiger partial charge in [-0.05, 0) is 115 Å². The monoisotopic (exact) mass is 1910 g/mol. The summed E-state index contributed by atoms with van der Waals surface area (Å²) in [6.45, 7) is -5.07. The van der Waals surface area contributed by atoms with Crippen molar-refractivity contribution in [3.63, 3.8) is 0 Å². The van der Waals surface area contributed by atoms with E-state index in [0.717, 1.165) is 30.9 Å². The number of carboxylic acid groups (broad SMARTS) is 1. The maximum absolute atomic E-state index is 14.5. The Bertz CT molecular complexity index is 4520. The van der Waals surface area contributed by atoms with Gasteiger partial charge in [-0.3, -0.25) is 101 Å². The van der Waals surface area contributed by atoms with Crippen LogP contribution in [0.1, 0.15) is 135 Å². The predicted molar refractivity (Wildman–Crippen MR) is 460 cm³/mol. The zero-order valence-electron chi connectivity index (χ0n) is 74.7. The van der Waals surface area contributed by atoms with Crippen molar-refractivity contribution in [1.82, 2.24) is 107 Å². The zero-order chi connectivity index (χ0) is 96.4. The molecule has 0 aromatic heterocycles. The molecule has 738 valence electrons. The van der Waals surface area contributed by atoms with E-state index in [1.165, 1.54) is 46.1 Å². The summed E-state index contributed by atoms with van der Waals surface area (Å²) in [6, 6.07) is -16.0. The van der Waals surface area contributed by atoms with Crippen LogP contribution in [0, 0.1) is 0 Å². The molecule has 50 heteroatoms.